The van der Waals surface area contributed by atoms with Crippen molar-refractivity contribution in [1.29, 1.82) is 0 Å². The van der Waals surface area contributed by atoms with E-state index in [1.54, 1.807) is 18.2 Å². The van der Waals surface area contributed by atoms with Gasteiger partial charge < -0.3 is 9.47 Å². The van der Waals surface area contributed by atoms with E-state index >= 15 is 0 Å². The molecule has 1 aromatic carbocycles. The minimum Gasteiger partial charge on any atom is -0.493 e. The molecule has 16 heavy (non-hydrogen) atoms. The number of benzene rings is 1. The summed E-state index contributed by atoms with van der Waals surface area (Å²) in [6.07, 6.45) is 0. The Hall–Kier alpha value is -1.31. The molecule has 1 rings (SSSR count). The zero-order valence-electron chi connectivity index (χ0n) is 9.06. The van der Waals surface area contributed by atoms with Crippen molar-refractivity contribution in [2.45, 2.75) is 6.54 Å². The van der Waals surface area contributed by atoms with Gasteiger partial charge in [-0.2, -0.15) is 13.1 Å². The van der Waals surface area contributed by atoms with E-state index in [4.69, 9.17) is 14.6 Å². The summed E-state index contributed by atoms with van der Waals surface area (Å²) >= 11 is 0. The van der Waals surface area contributed by atoms with Crippen LogP contribution in [-0.4, -0.2) is 22.6 Å². The topological polar surface area (TPSA) is 90.6 Å². The van der Waals surface area contributed by atoms with Crippen molar-refractivity contribution in [2.24, 2.45) is 5.14 Å². The molecule has 7 heteroatoms. The Bertz CT molecular complexity index is 459. The first kappa shape index (κ1) is 12.8. The molecule has 0 saturated heterocycles. The van der Waals surface area contributed by atoms with Crippen molar-refractivity contribution < 1.29 is 17.9 Å². The van der Waals surface area contributed by atoms with Gasteiger partial charge in [0.25, 0.3) is 10.2 Å². The summed E-state index contributed by atoms with van der Waals surface area (Å²) in [4.78, 5) is 0. The fourth-order valence-corrected chi connectivity index (χ4v) is 1.54. The van der Waals surface area contributed by atoms with Gasteiger partial charge in [-0.3, -0.25) is 0 Å². The molecule has 0 saturated carbocycles. The van der Waals surface area contributed by atoms with Crippen LogP contribution >= 0.6 is 0 Å². The third kappa shape index (κ3) is 3.69. The Balaban J connectivity index is 2.83. The lowest BCUT2D eigenvalue weighted by Gasteiger charge is -2.09. The summed E-state index contributed by atoms with van der Waals surface area (Å²) in [7, 11) is -0.643. The zero-order valence-corrected chi connectivity index (χ0v) is 9.87. The molecule has 0 atom stereocenters. The molecular formula is C9H14N2O4S. The highest BCUT2D eigenvalue weighted by atomic mass is 32.2. The van der Waals surface area contributed by atoms with Gasteiger partial charge >= 0.3 is 0 Å². The normalized spacial score (nSPS) is 11.2. The van der Waals surface area contributed by atoms with Crippen molar-refractivity contribution in [1.82, 2.24) is 4.72 Å². The second kappa shape index (κ2) is 5.15. The first-order valence-electron chi connectivity index (χ1n) is 4.44. The molecule has 0 amide bonds. The Morgan fingerprint density at radius 1 is 1.25 bits per heavy atom. The third-order valence-corrected chi connectivity index (χ3v) is 2.47. The summed E-state index contributed by atoms with van der Waals surface area (Å²) in [6, 6.07) is 5.09. The van der Waals surface area contributed by atoms with Gasteiger partial charge in [0, 0.05) is 6.54 Å². The molecule has 0 fully saturated rings. The van der Waals surface area contributed by atoms with E-state index in [2.05, 4.69) is 4.72 Å². The minimum absolute atomic E-state index is 0.110. The second-order valence-corrected chi connectivity index (χ2v) is 4.43. The molecule has 3 N–H and O–H groups in total. The predicted octanol–water partition coefficient (Wildman–Crippen LogP) is -0.00310. The van der Waals surface area contributed by atoms with E-state index in [1.165, 1.54) is 14.2 Å². The standard InChI is InChI=1S/C9H14N2O4S/c1-14-8-4-3-7(5-9(8)15-2)6-11-16(10,12)13/h3-5,11H,6H2,1-2H3,(H2,10,12,13). The van der Waals surface area contributed by atoms with Crippen molar-refractivity contribution >= 4 is 10.2 Å². The maximum atomic E-state index is 10.7. The fourth-order valence-electron chi connectivity index (χ4n) is 1.17. The molecule has 6 nitrogen and oxygen atoms in total. The van der Waals surface area contributed by atoms with E-state index in [1.807, 2.05) is 0 Å². The monoisotopic (exact) mass is 246 g/mol. The second-order valence-electron chi connectivity index (χ2n) is 3.06. The van der Waals surface area contributed by atoms with E-state index in [0.717, 1.165) is 5.56 Å². The minimum atomic E-state index is -3.68. The highest BCUT2D eigenvalue weighted by Crippen LogP contribution is 2.27. The largest absolute Gasteiger partial charge is 0.493 e. The van der Waals surface area contributed by atoms with Crippen molar-refractivity contribution in [3.63, 3.8) is 0 Å². The lowest BCUT2D eigenvalue weighted by atomic mass is 10.2. The van der Waals surface area contributed by atoms with Gasteiger partial charge in [0.15, 0.2) is 11.5 Å². The van der Waals surface area contributed by atoms with Crippen LogP contribution in [0.3, 0.4) is 0 Å². The molecule has 0 spiro atoms. The highest BCUT2D eigenvalue weighted by molar-refractivity contribution is 7.87. The van der Waals surface area contributed by atoms with Gasteiger partial charge in [-0.05, 0) is 17.7 Å². The van der Waals surface area contributed by atoms with Gasteiger partial charge in [0.05, 0.1) is 14.2 Å². The van der Waals surface area contributed by atoms with Crippen LogP contribution in [0.25, 0.3) is 0 Å². The quantitative estimate of drug-likeness (QED) is 0.765. The van der Waals surface area contributed by atoms with Crippen LogP contribution in [0.15, 0.2) is 18.2 Å². The van der Waals surface area contributed by atoms with Crippen LogP contribution in [-0.2, 0) is 16.8 Å². The number of hydrogen-bond donors (Lipinski definition) is 2. The van der Waals surface area contributed by atoms with Crippen LogP contribution in [0.1, 0.15) is 5.56 Å². The number of nitrogens with two attached hydrogens (primary N) is 1. The number of hydrogen-bond acceptors (Lipinski definition) is 4. The lowest BCUT2D eigenvalue weighted by Crippen LogP contribution is -2.30. The summed E-state index contributed by atoms with van der Waals surface area (Å²) in [5.74, 6) is 1.12. The summed E-state index contributed by atoms with van der Waals surface area (Å²) in [5, 5.41) is 4.82. The van der Waals surface area contributed by atoms with Crippen LogP contribution in [0.4, 0.5) is 0 Å². The molecule has 90 valence electrons. The average molecular weight is 246 g/mol. The van der Waals surface area contributed by atoms with E-state index < -0.39 is 10.2 Å². The molecule has 0 heterocycles. The summed E-state index contributed by atoms with van der Waals surface area (Å²) in [6.45, 7) is 0.110. The molecular weight excluding hydrogens is 232 g/mol. The molecule has 1 aromatic rings. The molecule has 0 bridgehead atoms. The smallest absolute Gasteiger partial charge is 0.274 e. The Morgan fingerprint density at radius 3 is 2.38 bits per heavy atom. The van der Waals surface area contributed by atoms with Gasteiger partial charge in [0.1, 0.15) is 0 Å². The molecule has 0 aromatic heterocycles. The van der Waals surface area contributed by atoms with Gasteiger partial charge in [-0.15, -0.1) is 0 Å². The van der Waals surface area contributed by atoms with Crippen LogP contribution in [0.2, 0.25) is 0 Å². The number of methoxy groups -OCH3 is 2. The zero-order chi connectivity index (χ0) is 12.2. The first-order chi connectivity index (χ1) is 7.46. The third-order valence-electron chi connectivity index (χ3n) is 1.93. The maximum Gasteiger partial charge on any atom is 0.274 e. The SMILES string of the molecule is COc1ccc(CNS(N)(=O)=O)cc1OC. The van der Waals surface area contributed by atoms with Crippen LogP contribution in [0.5, 0.6) is 11.5 Å². The molecule has 0 radical (unpaired) electrons. The highest BCUT2D eigenvalue weighted by Gasteiger charge is 2.06. The first-order valence-corrected chi connectivity index (χ1v) is 5.99. The molecule has 0 aliphatic rings. The average Bonchev–Trinajstić information content (AvgIpc) is 2.25. The van der Waals surface area contributed by atoms with Gasteiger partial charge in [-0.1, -0.05) is 6.07 Å². The van der Waals surface area contributed by atoms with E-state index in [9.17, 15) is 8.42 Å². The maximum absolute atomic E-state index is 10.7. The van der Waals surface area contributed by atoms with Gasteiger partial charge in [-0.25, -0.2) is 5.14 Å². The predicted molar refractivity (Wildman–Crippen MR) is 59.5 cm³/mol. The van der Waals surface area contributed by atoms with Crippen LogP contribution in [0, 0.1) is 0 Å². The lowest BCUT2D eigenvalue weighted by molar-refractivity contribution is 0.354. The molecule has 0 aliphatic heterocycles. The number of rotatable bonds is 5. The number of ether oxygens (including phenoxy) is 2. The summed E-state index contributed by atoms with van der Waals surface area (Å²) < 4.78 is 33.7. The van der Waals surface area contributed by atoms with Crippen molar-refractivity contribution in [3.8, 4) is 11.5 Å². The van der Waals surface area contributed by atoms with E-state index in [-0.39, 0.29) is 6.54 Å². The Labute approximate surface area is 94.5 Å². The molecule has 0 unspecified atom stereocenters. The van der Waals surface area contributed by atoms with Crippen LogP contribution < -0.4 is 19.3 Å². The van der Waals surface area contributed by atoms with Crippen molar-refractivity contribution in [2.75, 3.05) is 14.2 Å². The molecule has 0 aliphatic carbocycles. The number of nitrogens with one attached hydrogen (secondary N) is 1. The summed E-state index contributed by atoms with van der Waals surface area (Å²) in [5.41, 5.74) is 0.728. The fraction of sp³-hybridized carbons (Fsp3) is 0.333. The van der Waals surface area contributed by atoms with Gasteiger partial charge in [0.2, 0.25) is 0 Å². The Kier molecular flexibility index (Phi) is 4.11. The Morgan fingerprint density at radius 2 is 1.88 bits per heavy atom. The van der Waals surface area contributed by atoms with Crippen molar-refractivity contribution in [3.05, 3.63) is 23.8 Å². The van der Waals surface area contributed by atoms with E-state index in [0.29, 0.717) is 11.5 Å².